The fourth-order valence-corrected chi connectivity index (χ4v) is 1.59. The average Bonchev–Trinajstić information content (AvgIpc) is 2.78. The predicted molar refractivity (Wildman–Crippen MR) is 70.3 cm³/mol. The van der Waals surface area contributed by atoms with Gasteiger partial charge in [-0.1, -0.05) is 26.0 Å². The molecule has 0 aliphatic carbocycles. The summed E-state index contributed by atoms with van der Waals surface area (Å²) in [6, 6.07) is 8.37. The molecule has 2 rings (SSSR count). The van der Waals surface area contributed by atoms with Crippen LogP contribution in [0.4, 0.5) is 11.7 Å². The molecule has 0 aliphatic rings. The molecule has 0 unspecified atom stereocenters. The van der Waals surface area contributed by atoms with Crippen molar-refractivity contribution in [3.8, 4) is 0 Å². The second-order valence-electron chi connectivity index (χ2n) is 4.49. The first-order chi connectivity index (χ1) is 8.56. The van der Waals surface area contributed by atoms with Gasteiger partial charge in [0.2, 0.25) is 0 Å². The largest absolute Gasteiger partial charge is 0.420 e. The molecule has 0 bridgehead atoms. The van der Waals surface area contributed by atoms with Crippen LogP contribution < -0.4 is 5.32 Å². The highest BCUT2D eigenvalue weighted by atomic mass is 16.4. The van der Waals surface area contributed by atoms with Crippen LogP contribution in [0.2, 0.25) is 0 Å². The van der Waals surface area contributed by atoms with Crippen molar-refractivity contribution in [1.82, 2.24) is 4.98 Å². The van der Waals surface area contributed by atoms with E-state index in [0.717, 1.165) is 5.69 Å². The van der Waals surface area contributed by atoms with Gasteiger partial charge in [0.05, 0.1) is 6.20 Å². The molecule has 4 nitrogen and oxygen atoms in total. The molecular formula is C14H16N2O2. The Morgan fingerprint density at radius 3 is 2.78 bits per heavy atom. The topological polar surface area (TPSA) is 55.1 Å². The van der Waals surface area contributed by atoms with E-state index in [2.05, 4.69) is 30.2 Å². The average molecular weight is 244 g/mol. The van der Waals surface area contributed by atoms with E-state index < -0.39 is 0 Å². The van der Waals surface area contributed by atoms with Crippen molar-refractivity contribution < 1.29 is 9.21 Å². The van der Waals surface area contributed by atoms with Gasteiger partial charge in [-0.05, 0) is 23.6 Å². The van der Waals surface area contributed by atoms with E-state index >= 15 is 0 Å². The van der Waals surface area contributed by atoms with Gasteiger partial charge < -0.3 is 9.73 Å². The Morgan fingerprint density at radius 2 is 2.17 bits per heavy atom. The SMILES string of the molecule is CC(=O)c1cnc(Nc2cccc(C(C)C)c2)o1. The van der Waals surface area contributed by atoms with Gasteiger partial charge in [-0.2, -0.15) is 0 Å². The van der Waals surface area contributed by atoms with Crippen LogP contribution >= 0.6 is 0 Å². The van der Waals surface area contributed by atoms with E-state index in [1.54, 1.807) is 0 Å². The van der Waals surface area contributed by atoms with Crippen molar-refractivity contribution >= 4 is 17.5 Å². The quantitative estimate of drug-likeness (QED) is 0.832. The van der Waals surface area contributed by atoms with Crippen molar-refractivity contribution in [2.24, 2.45) is 0 Å². The Labute approximate surface area is 106 Å². The number of ketones is 1. The Morgan fingerprint density at radius 1 is 1.39 bits per heavy atom. The number of carbonyl (C=O) groups is 1. The van der Waals surface area contributed by atoms with Crippen molar-refractivity contribution in [3.05, 3.63) is 41.8 Å². The van der Waals surface area contributed by atoms with Crippen LogP contribution in [0.25, 0.3) is 0 Å². The lowest BCUT2D eigenvalue weighted by Gasteiger charge is -2.07. The first-order valence-corrected chi connectivity index (χ1v) is 5.90. The highest BCUT2D eigenvalue weighted by molar-refractivity contribution is 5.91. The summed E-state index contributed by atoms with van der Waals surface area (Å²) in [5.41, 5.74) is 2.14. The predicted octanol–water partition coefficient (Wildman–Crippen LogP) is 3.74. The molecule has 0 spiro atoms. The van der Waals surface area contributed by atoms with Gasteiger partial charge in [-0.25, -0.2) is 4.98 Å². The summed E-state index contributed by atoms with van der Waals surface area (Å²) < 4.78 is 5.28. The highest BCUT2D eigenvalue weighted by Gasteiger charge is 2.08. The molecule has 94 valence electrons. The van der Waals surface area contributed by atoms with Crippen molar-refractivity contribution in [3.63, 3.8) is 0 Å². The third-order valence-electron chi connectivity index (χ3n) is 2.66. The zero-order valence-electron chi connectivity index (χ0n) is 10.7. The van der Waals surface area contributed by atoms with E-state index in [1.807, 2.05) is 18.2 Å². The van der Waals surface area contributed by atoms with Gasteiger partial charge in [-0.15, -0.1) is 0 Å². The Bertz CT molecular complexity index is 558. The molecule has 0 atom stereocenters. The number of anilines is 2. The standard InChI is InChI=1S/C14H16N2O2/c1-9(2)11-5-4-6-12(7-11)16-14-15-8-13(18-14)10(3)17/h4-9H,1-3H3,(H,15,16). The number of Topliss-reactive ketones (excluding diaryl/α,β-unsaturated/α-hetero) is 1. The molecule has 18 heavy (non-hydrogen) atoms. The van der Waals surface area contributed by atoms with E-state index in [0.29, 0.717) is 11.9 Å². The third-order valence-corrected chi connectivity index (χ3v) is 2.66. The summed E-state index contributed by atoms with van der Waals surface area (Å²) >= 11 is 0. The van der Waals surface area contributed by atoms with Crippen molar-refractivity contribution in [2.75, 3.05) is 5.32 Å². The van der Waals surface area contributed by atoms with Crippen LogP contribution in [0.5, 0.6) is 0 Å². The number of nitrogens with zero attached hydrogens (tertiary/aromatic N) is 1. The molecule has 2 aromatic rings. The third kappa shape index (κ3) is 2.77. The fourth-order valence-electron chi connectivity index (χ4n) is 1.59. The molecule has 0 saturated carbocycles. The van der Waals surface area contributed by atoms with Gasteiger partial charge >= 0.3 is 0 Å². The number of hydrogen-bond acceptors (Lipinski definition) is 4. The molecule has 0 saturated heterocycles. The van der Waals surface area contributed by atoms with Gasteiger partial charge in [0.15, 0.2) is 11.5 Å². The van der Waals surface area contributed by atoms with Crippen LogP contribution in [0.15, 0.2) is 34.9 Å². The van der Waals surface area contributed by atoms with E-state index in [1.165, 1.54) is 18.7 Å². The van der Waals surface area contributed by atoms with Crippen LogP contribution in [-0.4, -0.2) is 10.8 Å². The Kier molecular flexibility index (Phi) is 3.46. The van der Waals surface area contributed by atoms with Crippen molar-refractivity contribution in [1.29, 1.82) is 0 Å². The lowest BCUT2D eigenvalue weighted by molar-refractivity contribution is 0.0988. The second-order valence-corrected chi connectivity index (χ2v) is 4.49. The van der Waals surface area contributed by atoms with Gasteiger partial charge in [-0.3, -0.25) is 4.79 Å². The van der Waals surface area contributed by atoms with E-state index in [4.69, 9.17) is 4.42 Å². The summed E-state index contributed by atoms with van der Waals surface area (Å²) in [5.74, 6) is 0.591. The zero-order chi connectivity index (χ0) is 13.1. The molecule has 0 aliphatic heterocycles. The molecule has 1 N–H and O–H groups in total. The molecular weight excluding hydrogens is 228 g/mol. The molecule has 0 amide bonds. The molecule has 0 fully saturated rings. The number of hydrogen-bond donors (Lipinski definition) is 1. The molecule has 4 heteroatoms. The van der Waals surface area contributed by atoms with E-state index in [9.17, 15) is 4.79 Å². The molecule has 1 heterocycles. The molecule has 0 radical (unpaired) electrons. The molecule has 1 aromatic carbocycles. The number of nitrogens with one attached hydrogen (secondary N) is 1. The summed E-state index contributed by atoms with van der Waals surface area (Å²) in [6.07, 6.45) is 1.43. The van der Waals surface area contributed by atoms with Crippen LogP contribution in [0.1, 0.15) is 42.8 Å². The van der Waals surface area contributed by atoms with Crippen LogP contribution in [0.3, 0.4) is 0 Å². The highest BCUT2D eigenvalue weighted by Crippen LogP contribution is 2.21. The number of oxazole rings is 1. The minimum Gasteiger partial charge on any atom is -0.420 e. The number of aromatic nitrogens is 1. The van der Waals surface area contributed by atoms with Gasteiger partial charge in [0.25, 0.3) is 6.01 Å². The monoisotopic (exact) mass is 244 g/mol. The second kappa shape index (κ2) is 5.04. The summed E-state index contributed by atoms with van der Waals surface area (Å²) in [7, 11) is 0. The van der Waals surface area contributed by atoms with Crippen LogP contribution in [-0.2, 0) is 0 Å². The van der Waals surface area contributed by atoms with Gasteiger partial charge in [0, 0.05) is 12.6 Å². The van der Waals surface area contributed by atoms with Gasteiger partial charge in [0.1, 0.15) is 0 Å². The minimum absolute atomic E-state index is 0.133. The normalized spacial score (nSPS) is 10.7. The minimum atomic E-state index is -0.133. The smallest absolute Gasteiger partial charge is 0.299 e. The summed E-state index contributed by atoms with van der Waals surface area (Å²) in [6.45, 7) is 5.72. The Hall–Kier alpha value is -2.10. The maximum absolute atomic E-state index is 11.1. The lowest BCUT2D eigenvalue weighted by Crippen LogP contribution is -1.93. The van der Waals surface area contributed by atoms with Crippen LogP contribution in [0, 0.1) is 0 Å². The fraction of sp³-hybridized carbons (Fsp3) is 0.286. The van der Waals surface area contributed by atoms with Crippen molar-refractivity contribution in [2.45, 2.75) is 26.7 Å². The molecule has 1 aromatic heterocycles. The number of benzene rings is 1. The lowest BCUT2D eigenvalue weighted by atomic mass is 10.0. The Balaban J connectivity index is 2.17. The van der Waals surface area contributed by atoms with E-state index in [-0.39, 0.29) is 11.5 Å². The summed E-state index contributed by atoms with van der Waals surface area (Å²) in [4.78, 5) is 15.1. The maximum Gasteiger partial charge on any atom is 0.299 e. The first kappa shape index (κ1) is 12.4. The summed E-state index contributed by atoms with van der Waals surface area (Å²) in [5, 5.41) is 3.04. The number of rotatable bonds is 4. The maximum atomic E-state index is 11.1. The number of carbonyl (C=O) groups excluding carboxylic acids is 1. The zero-order valence-corrected chi connectivity index (χ0v) is 10.7. The first-order valence-electron chi connectivity index (χ1n) is 5.90.